The lowest BCUT2D eigenvalue weighted by Gasteiger charge is -2.12. The molecule has 0 aliphatic carbocycles. The second-order valence-electron chi connectivity index (χ2n) is 7.87. The van der Waals surface area contributed by atoms with Gasteiger partial charge in [0.05, 0.1) is 16.8 Å². The van der Waals surface area contributed by atoms with Crippen molar-refractivity contribution in [3.8, 4) is 22.8 Å². The van der Waals surface area contributed by atoms with Crippen LogP contribution in [-0.2, 0) is 0 Å². The average molecular weight is 410 g/mol. The number of nitrogens with zero attached hydrogens (tertiary/aromatic N) is 1. The minimum atomic E-state index is -0.169. The van der Waals surface area contributed by atoms with Crippen molar-refractivity contribution >= 4 is 22.5 Å². The zero-order valence-corrected chi connectivity index (χ0v) is 17.4. The molecule has 1 aliphatic heterocycles. The van der Waals surface area contributed by atoms with Gasteiger partial charge < -0.3 is 14.8 Å². The lowest BCUT2D eigenvalue weighted by atomic mass is 10.0. The summed E-state index contributed by atoms with van der Waals surface area (Å²) in [6, 6.07) is 23.2. The number of aromatic nitrogens is 1. The Balaban J connectivity index is 1.53. The standard InChI is InChI=1S/C26H22N2O3/c1-16(2)17-7-10-19(11-8-17)27-26(29)21-14-23(28-22-6-4-3-5-20(21)22)18-9-12-24-25(13-18)31-15-30-24/h3-14,16H,15H2,1-2H3,(H,27,29). The van der Waals surface area contributed by atoms with Crippen molar-refractivity contribution in [2.45, 2.75) is 19.8 Å². The zero-order chi connectivity index (χ0) is 21.4. The van der Waals surface area contributed by atoms with Crippen LogP contribution >= 0.6 is 0 Å². The number of nitrogens with one attached hydrogen (secondary N) is 1. The van der Waals surface area contributed by atoms with Crippen LogP contribution in [-0.4, -0.2) is 17.7 Å². The monoisotopic (exact) mass is 410 g/mol. The Morgan fingerprint density at radius 1 is 0.935 bits per heavy atom. The Morgan fingerprint density at radius 2 is 1.71 bits per heavy atom. The molecule has 0 atom stereocenters. The number of carbonyl (C=O) groups excluding carboxylic acids is 1. The molecule has 2 heterocycles. The molecule has 5 heteroatoms. The first-order valence-corrected chi connectivity index (χ1v) is 10.3. The minimum Gasteiger partial charge on any atom is -0.454 e. The SMILES string of the molecule is CC(C)c1ccc(NC(=O)c2cc(-c3ccc4c(c3)OCO4)nc3ccccc23)cc1. The highest BCUT2D eigenvalue weighted by molar-refractivity contribution is 6.13. The van der Waals surface area contributed by atoms with Gasteiger partial charge in [0, 0.05) is 16.6 Å². The van der Waals surface area contributed by atoms with Gasteiger partial charge in [-0.2, -0.15) is 0 Å². The van der Waals surface area contributed by atoms with E-state index >= 15 is 0 Å². The number of hydrogen-bond acceptors (Lipinski definition) is 4. The van der Waals surface area contributed by atoms with Gasteiger partial charge in [-0.15, -0.1) is 0 Å². The van der Waals surface area contributed by atoms with Crippen LogP contribution in [0.25, 0.3) is 22.2 Å². The summed E-state index contributed by atoms with van der Waals surface area (Å²) < 4.78 is 10.9. The van der Waals surface area contributed by atoms with E-state index in [1.165, 1.54) is 5.56 Å². The molecule has 0 fully saturated rings. The van der Waals surface area contributed by atoms with Crippen LogP contribution in [0.15, 0.2) is 72.8 Å². The normalized spacial score (nSPS) is 12.4. The number of ether oxygens (including phenoxy) is 2. The van der Waals surface area contributed by atoms with E-state index in [2.05, 4.69) is 19.2 Å². The predicted molar refractivity (Wildman–Crippen MR) is 122 cm³/mol. The minimum absolute atomic E-state index is 0.169. The zero-order valence-electron chi connectivity index (χ0n) is 17.4. The maximum atomic E-state index is 13.2. The molecule has 0 saturated heterocycles. The van der Waals surface area contributed by atoms with Crippen LogP contribution in [0.3, 0.4) is 0 Å². The Kier molecular flexibility index (Phi) is 4.79. The van der Waals surface area contributed by atoms with Crippen LogP contribution < -0.4 is 14.8 Å². The van der Waals surface area contributed by atoms with E-state index in [0.717, 1.165) is 22.2 Å². The van der Waals surface area contributed by atoms with Crippen LogP contribution in [0.5, 0.6) is 11.5 Å². The van der Waals surface area contributed by atoms with Gasteiger partial charge in [-0.1, -0.05) is 44.2 Å². The van der Waals surface area contributed by atoms with Gasteiger partial charge in [0.25, 0.3) is 5.91 Å². The summed E-state index contributed by atoms with van der Waals surface area (Å²) in [5.41, 5.74) is 4.91. The van der Waals surface area contributed by atoms with Crippen LogP contribution in [0.1, 0.15) is 35.7 Å². The summed E-state index contributed by atoms with van der Waals surface area (Å²) in [6.07, 6.45) is 0. The van der Waals surface area contributed by atoms with E-state index in [1.807, 2.05) is 72.8 Å². The number of pyridine rings is 1. The first-order valence-electron chi connectivity index (χ1n) is 10.3. The highest BCUT2D eigenvalue weighted by atomic mass is 16.7. The maximum Gasteiger partial charge on any atom is 0.256 e. The molecule has 1 N–H and O–H groups in total. The van der Waals surface area contributed by atoms with Crippen molar-refractivity contribution in [3.05, 3.63) is 83.9 Å². The van der Waals surface area contributed by atoms with Crippen molar-refractivity contribution in [1.82, 2.24) is 4.98 Å². The first kappa shape index (κ1) is 19.1. The Morgan fingerprint density at radius 3 is 2.52 bits per heavy atom. The van der Waals surface area contributed by atoms with Crippen LogP contribution in [0, 0.1) is 0 Å². The number of rotatable bonds is 4. The molecule has 1 aromatic heterocycles. The lowest BCUT2D eigenvalue weighted by molar-refractivity contribution is 0.102. The smallest absolute Gasteiger partial charge is 0.256 e. The summed E-state index contributed by atoms with van der Waals surface area (Å²) in [5, 5.41) is 3.83. The highest BCUT2D eigenvalue weighted by Gasteiger charge is 2.17. The molecule has 0 radical (unpaired) electrons. The highest BCUT2D eigenvalue weighted by Crippen LogP contribution is 2.36. The lowest BCUT2D eigenvalue weighted by Crippen LogP contribution is -2.13. The molecule has 5 nitrogen and oxygen atoms in total. The fraction of sp³-hybridized carbons (Fsp3) is 0.154. The van der Waals surface area contributed by atoms with Crippen molar-refractivity contribution in [2.75, 3.05) is 12.1 Å². The average Bonchev–Trinajstić information content (AvgIpc) is 3.26. The summed E-state index contributed by atoms with van der Waals surface area (Å²) in [4.78, 5) is 18.0. The summed E-state index contributed by atoms with van der Waals surface area (Å²) in [5.74, 6) is 1.67. The molecule has 0 saturated carbocycles. The molecule has 1 aliphatic rings. The largest absolute Gasteiger partial charge is 0.454 e. The second-order valence-corrected chi connectivity index (χ2v) is 7.87. The molecule has 154 valence electrons. The fourth-order valence-electron chi connectivity index (χ4n) is 3.72. The predicted octanol–water partition coefficient (Wildman–Crippen LogP) is 6.01. The third kappa shape index (κ3) is 3.70. The van der Waals surface area contributed by atoms with E-state index in [-0.39, 0.29) is 12.7 Å². The van der Waals surface area contributed by atoms with E-state index < -0.39 is 0 Å². The van der Waals surface area contributed by atoms with Gasteiger partial charge in [-0.05, 0) is 53.9 Å². The number of para-hydroxylation sites is 1. The Hall–Kier alpha value is -3.86. The molecule has 4 aromatic rings. The number of amides is 1. The third-order valence-corrected chi connectivity index (χ3v) is 5.46. The van der Waals surface area contributed by atoms with Gasteiger partial charge in [0.2, 0.25) is 6.79 Å². The maximum absolute atomic E-state index is 13.2. The summed E-state index contributed by atoms with van der Waals surface area (Å²) in [6.45, 7) is 4.51. The first-order chi connectivity index (χ1) is 15.1. The van der Waals surface area contributed by atoms with Crippen molar-refractivity contribution < 1.29 is 14.3 Å². The van der Waals surface area contributed by atoms with Gasteiger partial charge in [-0.3, -0.25) is 4.79 Å². The number of anilines is 1. The molecule has 0 spiro atoms. The van der Waals surface area contributed by atoms with Crippen molar-refractivity contribution in [3.63, 3.8) is 0 Å². The van der Waals surface area contributed by atoms with E-state index in [9.17, 15) is 4.79 Å². The third-order valence-electron chi connectivity index (χ3n) is 5.46. The van der Waals surface area contributed by atoms with Gasteiger partial charge in [0.1, 0.15) is 0 Å². The summed E-state index contributed by atoms with van der Waals surface area (Å²) in [7, 11) is 0. The van der Waals surface area contributed by atoms with Gasteiger partial charge in [-0.25, -0.2) is 4.98 Å². The molecule has 0 unspecified atom stereocenters. The Bertz CT molecular complexity index is 1280. The van der Waals surface area contributed by atoms with Gasteiger partial charge >= 0.3 is 0 Å². The number of benzene rings is 3. The van der Waals surface area contributed by atoms with Crippen molar-refractivity contribution in [2.24, 2.45) is 0 Å². The quantitative estimate of drug-likeness (QED) is 0.448. The number of carbonyl (C=O) groups is 1. The molecule has 1 amide bonds. The molecule has 31 heavy (non-hydrogen) atoms. The van der Waals surface area contributed by atoms with Crippen molar-refractivity contribution in [1.29, 1.82) is 0 Å². The topological polar surface area (TPSA) is 60.5 Å². The van der Waals surface area contributed by atoms with E-state index in [1.54, 1.807) is 0 Å². The molecule has 0 bridgehead atoms. The number of hydrogen-bond donors (Lipinski definition) is 1. The molecule has 3 aromatic carbocycles. The second kappa shape index (κ2) is 7.76. The van der Waals surface area contributed by atoms with E-state index in [4.69, 9.17) is 14.5 Å². The molecule has 5 rings (SSSR count). The van der Waals surface area contributed by atoms with E-state index in [0.29, 0.717) is 28.7 Å². The van der Waals surface area contributed by atoms with Crippen LogP contribution in [0.2, 0.25) is 0 Å². The van der Waals surface area contributed by atoms with Crippen LogP contribution in [0.4, 0.5) is 5.69 Å². The summed E-state index contributed by atoms with van der Waals surface area (Å²) >= 11 is 0. The molecular formula is C26H22N2O3. The fourth-order valence-corrected chi connectivity index (χ4v) is 3.72. The number of fused-ring (bicyclic) bond motifs is 2. The Labute approximate surface area is 180 Å². The molecular weight excluding hydrogens is 388 g/mol. The van der Waals surface area contributed by atoms with Gasteiger partial charge in [0.15, 0.2) is 11.5 Å².